The Kier molecular flexibility index (Phi) is 5.95. The van der Waals surface area contributed by atoms with Crippen molar-refractivity contribution in [3.05, 3.63) is 11.6 Å². The molecule has 0 fully saturated rings. The van der Waals surface area contributed by atoms with Crippen LogP contribution in [0.1, 0.15) is 26.7 Å². The largest absolute Gasteiger partial charge is 0.383 e. The number of nitrogens with two attached hydrogens (primary N) is 1. The topological polar surface area (TPSA) is 55.5 Å². The van der Waals surface area contributed by atoms with Crippen LogP contribution in [0.3, 0.4) is 0 Å². The first-order chi connectivity index (χ1) is 6.04. The first-order valence-corrected chi connectivity index (χ1v) is 4.61. The normalized spacial score (nSPS) is 15.2. The number of aliphatic hydroxyl groups is 1. The zero-order chi connectivity index (χ0) is 10.3. The fourth-order valence-corrected chi connectivity index (χ4v) is 1.38. The minimum atomic E-state index is -0.840. The fourth-order valence-electron chi connectivity index (χ4n) is 1.38. The summed E-state index contributed by atoms with van der Waals surface area (Å²) >= 11 is 0. The van der Waals surface area contributed by atoms with Gasteiger partial charge in [-0.25, -0.2) is 0 Å². The fraction of sp³-hybridized carbons (Fsp3) is 0.800. The summed E-state index contributed by atoms with van der Waals surface area (Å²) < 4.78 is 4.97. The minimum absolute atomic E-state index is 0.332. The molecule has 13 heavy (non-hydrogen) atoms. The van der Waals surface area contributed by atoms with Crippen LogP contribution in [-0.2, 0) is 4.74 Å². The number of ether oxygens (including phenoxy) is 1. The van der Waals surface area contributed by atoms with E-state index in [1.54, 1.807) is 7.11 Å². The molecule has 0 bridgehead atoms. The van der Waals surface area contributed by atoms with E-state index in [-0.39, 0.29) is 0 Å². The molecule has 0 heterocycles. The highest BCUT2D eigenvalue weighted by Crippen LogP contribution is 2.16. The second kappa shape index (κ2) is 6.13. The first kappa shape index (κ1) is 12.6. The smallest absolute Gasteiger partial charge is 0.106 e. The molecule has 0 aliphatic carbocycles. The summed E-state index contributed by atoms with van der Waals surface area (Å²) in [5.41, 5.74) is 5.64. The van der Waals surface area contributed by atoms with Gasteiger partial charge in [-0.05, 0) is 33.2 Å². The van der Waals surface area contributed by atoms with Crippen LogP contribution in [0.5, 0.6) is 0 Å². The molecule has 3 N–H and O–H groups in total. The van der Waals surface area contributed by atoms with Gasteiger partial charge < -0.3 is 15.6 Å². The molecule has 0 saturated heterocycles. The number of methoxy groups -OCH3 is 1. The maximum Gasteiger partial charge on any atom is 0.106 e. The maximum absolute atomic E-state index is 10.1. The third-order valence-corrected chi connectivity index (χ3v) is 1.77. The van der Waals surface area contributed by atoms with Gasteiger partial charge in [0.05, 0.1) is 6.61 Å². The Balaban J connectivity index is 4.24. The van der Waals surface area contributed by atoms with Gasteiger partial charge in [0, 0.05) is 7.11 Å². The molecule has 1 atom stereocenters. The summed E-state index contributed by atoms with van der Waals surface area (Å²) in [6, 6.07) is 0. The van der Waals surface area contributed by atoms with Crippen LogP contribution in [0.15, 0.2) is 11.6 Å². The van der Waals surface area contributed by atoms with E-state index in [0.29, 0.717) is 19.6 Å². The highest BCUT2D eigenvalue weighted by atomic mass is 16.5. The Labute approximate surface area is 80.6 Å². The second-order valence-corrected chi connectivity index (χ2v) is 3.65. The monoisotopic (exact) mass is 187 g/mol. The predicted molar refractivity (Wildman–Crippen MR) is 54.5 cm³/mol. The van der Waals surface area contributed by atoms with E-state index in [1.807, 2.05) is 19.9 Å². The van der Waals surface area contributed by atoms with E-state index >= 15 is 0 Å². The van der Waals surface area contributed by atoms with Gasteiger partial charge in [-0.1, -0.05) is 11.6 Å². The summed E-state index contributed by atoms with van der Waals surface area (Å²) in [6.07, 6.45) is 3.30. The van der Waals surface area contributed by atoms with Crippen molar-refractivity contribution in [3.8, 4) is 0 Å². The van der Waals surface area contributed by atoms with Gasteiger partial charge in [0.1, 0.15) is 5.60 Å². The van der Waals surface area contributed by atoms with Crippen LogP contribution < -0.4 is 5.73 Å². The van der Waals surface area contributed by atoms with Gasteiger partial charge in [-0.2, -0.15) is 0 Å². The lowest BCUT2D eigenvalue weighted by molar-refractivity contribution is -0.00117. The van der Waals surface area contributed by atoms with Crippen molar-refractivity contribution in [2.24, 2.45) is 5.73 Å². The van der Waals surface area contributed by atoms with E-state index in [1.165, 1.54) is 0 Å². The lowest BCUT2D eigenvalue weighted by atomic mass is 9.96. The summed E-state index contributed by atoms with van der Waals surface area (Å²) in [4.78, 5) is 0. The van der Waals surface area contributed by atoms with Gasteiger partial charge >= 0.3 is 0 Å². The number of hydrogen-bond acceptors (Lipinski definition) is 3. The van der Waals surface area contributed by atoms with Gasteiger partial charge in [-0.3, -0.25) is 0 Å². The lowest BCUT2D eigenvalue weighted by Gasteiger charge is -2.24. The number of rotatable bonds is 6. The molecular formula is C10H21NO2. The molecule has 3 nitrogen and oxygen atoms in total. The van der Waals surface area contributed by atoms with Gasteiger partial charge in [-0.15, -0.1) is 0 Å². The van der Waals surface area contributed by atoms with Crippen LogP contribution in [0.25, 0.3) is 0 Å². The first-order valence-electron chi connectivity index (χ1n) is 4.61. The molecule has 0 aliphatic rings. The standard InChI is InChI=1S/C10H21NO2/c1-9(2)7-10(12,8-13-3)5-4-6-11/h7,12H,4-6,8,11H2,1-3H3. The van der Waals surface area contributed by atoms with Crippen LogP contribution in [0.4, 0.5) is 0 Å². The van der Waals surface area contributed by atoms with E-state index in [9.17, 15) is 5.11 Å². The quantitative estimate of drug-likeness (QED) is 0.611. The molecule has 78 valence electrons. The molecular weight excluding hydrogens is 166 g/mol. The predicted octanol–water partition coefficient (Wildman–Crippen LogP) is 1.07. The van der Waals surface area contributed by atoms with Crippen LogP contribution >= 0.6 is 0 Å². The molecule has 0 amide bonds. The van der Waals surface area contributed by atoms with Crippen molar-refractivity contribution in [2.75, 3.05) is 20.3 Å². The van der Waals surface area contributed by atoms with Crippen molar-refractivity contribution in [3.63, 3.8) is 0 Å². The van der Waals surface area contributed by atoms with Gasteiger partial charge in [0.25, 0.3) is 0 Å². The van der Waals surface area contributed by atoms with Gasteiger partial charge in [0.15, 0.2) is 0 Å². The van der Waals surface area contributed by atoms with Crippen LogP contribution in [0, 0.1) is 0 Å². The highest BCUT2D eigenvalue weighted by molar-refractivity contribution is 5.07. The average Bonchev–Trinajstić information content (AvgIpc) is 2.00. The Morgan fingerprint density at radius 2 is 2.15 bits per heavy atom. The molecule has 0 saturated carbocycles. The van der Waals surface area contributed by atoms with Gasteiger partial charge in [0.2, 0.25) is 0 Å². The highest BCUT2D eigenvalue weighted by Gasteiger charge is 2.22. The zero-order valence-electron chi connectivity index (χ0n) is 8.84. The van der Waals surface area contributed by atoms with Crippen molar-refractivity contribution in [1.29, 1.82) is 0 Å². The summed E-state index contributed by atoms with van der Waals surface area (Å²) in [5, 5.41) is 10.1. The Morgan fingerprint density at radius 3 is 2.54 bits per heavy atom. The zero-order valence-corrected chi connectivity index (χ0v) is 8.84. The SMILES string of the molecule is COCC(O)(C=C(C)C)CCCN. The maximum atomic E-state index is 10.1. The van der Waals surface area contributed by atoms with Crippen LogP contribution in [0.2, 0.25) is 0 Å². The van der Waals surface area contributed by atoms with E-state index in [2.05, 4.69) is 0 Å². The molecule has 0 rings (SSSR count). The Morgan fingerprint density at radius 1 is 1.54 bits per heavy atom. The third kappa shape index (κ3) is 5.80. The summed E-state index contributed by atoms with van der Waals surface area (Å²) in [5.74, 6) is 0. The molecule has 0 aliphatic heterocycles. The van der Waals surface area contributed by atoms with E-state index in [4.69, 9.17) is 10.5 Å². The van der Waals surface area contributed by atoms with Crippen molar-refractivity contribution in [1.82, 2.24) is 0 Å². The lowest BCUT2D eigenvalue weighted by Crippen LogP contribution is -2.32. The van der Waals surface area contributed by atoms with E-state index < -0.39 is 5.60 Å². The van der Waals surface area contributed by atoms with Crippen LogP contribution in [-0.4, -0.2) is 31.0 Å². The molecule has 0 aromatic carbocycles. The molecule has 0 aromatic rings. The second-order valence-electron chi connectivity index (χ2n) is 3.65. The van der Waals surface area contributed by atoms with E-state index in [0.717, 1.165) is 12.0 Å². The summed E-state index contributed by atoms with van der Waals surface area (Å²) in [6.45, 7) is 4.85. The van der Waals surface area contributed by atoms with Crippen molar-refractivity contribution >= 4 is 0 Å². The molecule has 1 unspecified atom stereocenters. The number of hydrogen-bond donors (Lipinski definition) is 2. The molecule has 0 radical (unpaired) electrons. The molecule has 0 aromatic heterocycles. The Bertz CT molecular complexity index is 164. The van der Waals surface area contributed by atoms with Crippen molar-refractivity contribution < 1.29 is 9.84 Å². The number of allylic oxidation sites excluding steroid dienone is 1. The third-order valence-electron chi connectivity index (χ3n) is 1.77. The molecule has 3 heteroatoms. The minimum Gasteiger partial charge on any atom is -0.383 e. The Hall–Kier alpha value is -0.380. The average molecular weight is 187 g/mol. The molecule has 0 spiro atoms. The van der Waals surface area contributed by atoms with Crippen molar-refractivity contribution in [2.45, 2.75) is 32.3 Å². The summed E-state index contributed by atoms with van der Waals surface area (Å²) in [7, 11) is 1.59.